The fraction of sp³-hybridized carbons (Fsp3) is 0.538. The molecule has 0 aromatic heterocycles. The van der Waals surface area contributed by atoms with E-state index >= 15 is 0 Å². The van der Waals surface area contributed by atoms with E-state index in [0.29, 0.717) is 53.8 Å². The van der Waals surface area contributed by atoms with Gasteiger partial charge in [0.2, 0.25) is 0 Å². The van der Waals surface area contributed by atoms with Crippen LogP contribution in [0.5, 0.6) is 11.5 Å². The number of ether oxygens (including phenoxy) is 3. The maximum absolute atomic E-state index is 10.3. The largest absolute Gasteiger partial charge is 0.491 e. The zero-order valence-corrected chi connectivity index (χ0v) is 22.3. The SMILES string of the molecule is C[C@@H](CCl)COc1c(Cl)cc(C(C)(C)c2ccc(OC[C@@H](O)CN3CCOCC3)cc2)cc1Cl. The minimum absolute atomic E-state index is 0.200. The number of aliphatic hydroxyl groups is 1. The Morgan fingerprint density at radius 3 is 2.21 bits per heavy atom. The molecule has 1 N–H and O–H groups in total. The van der Waals surface area contributed by atoms with E-state index in [1.807, 2.05) is 43.3 Å². The predicted octanol–water partition coefficient (Wildman–Crippen LogP) is 5.64. The van der Waals surface area contributed by atoms with E-state index in [4.69, 9.17) is 49.0 Å². The van der Waals surface area contributed by atoms with Crippen molar-refractivity contribution in [3.8, 4) is 11.5 Å². The summed E-state index contributed by atoms with van der Waals surface area (Å²) in [6.45, 7) is 10.6. The van der Waals surface area contributed by atoms with Crippen LogP contribution in [-0.2, 0) is 10.2 Å². The van der Waals surface area contributed by atoms with Crippen molar-refractivity contribution >= 4 is 34.8 Å². The normalized spacial score (nSPS) is 16.8. The molecule has 0 aliphatic carbocycles. The van der Waals surface area contributed by atoms with Crippen LogP contribution in [0.4, 0.5) is 0 Å². The Kier molecular flexibility index (Phi) is 10.2. The highest BCUT2D eigenvalue weighted by atomic mass is 35.5. The van der Waals surface area contributed by atoms with Crippen LogP contribution in [-0.4, -0.2) is 68.1 Å². The molecular formula is C26H34Cl3NO4. The molecule has 5 nitrogen and oxygen atoms in total. The van der Waals surface area contributed by atoms with Gasteiger partial charge in [0.1, 0.15) is 18.5 Å². The minimum atomic E-state index is -0.549. The zero-order chi connectivity index (χ0) is 24.7. The highest BCUT2D eigenvalue weighted by molar-refractivity contribution is 6.37. The molecule has 0 amide bonds. The molecular weight excluding hydrogens is 497 g/mol. The molecule has 34 heavy (non-hydrogen) atoms. The summed E-state index contributed by atoms with van der Waals surface area (Å²) in [6.07, 6.45) is -0.549. The summed E-state index contributed by atoms with van der Waals surface area (Å²) in [7, 11) is 0. The molecule has 0 unspecified atom stereocenters. The smallest absolute Gasteiger partial charge is 0.156 e. The van der Waals surface area contributed by atoms with Crippen LogP contribution in [0.25, 0.3) is 0 Å². The van der Waals surface area contributed by atoms with Crippen molar-refractivity contribution in [2.24, 2.45) is 5.92 Å². The second-order valence-corrected chi connectivity index (χ2v) is 10.5. The number of hydrogen-bond donors (Lipinski definition) is 1. The number of β-amino-alcohol motifs (C(OH)–C–C–N with tert-alkyl or cyclic N) is 1. The van der Waals surface area contributed by atoms with Crippen molar-refractivity contribution in [1.29, 1.82) is 0 Å². The van der Waals surface area contributed by atoms with Crippen LogP contribution < -0.4 is 9.47 Å². The van der Waals surface area contributed by atoms with Crippen molar-refractivity contribution in [2.45, 2.75) is 32.3 Å². The minimum Gasteiger partial charge on any atom is -0.491 e. The van der Waals surface area contributed by atoms with Gasteiger partial charge in [-0.3, -0.25) is 4.90 Å². The van der Waals surface area contributed by atoms with Crippen LogP contribution >= 0.6 is 34.8 Å². The summed E-state index contributed by atoms with van der Waals surface area (Å²) in [5.41, 5.74) is 1.73. The number of morpholine rings is 1. The lowest BCUT2D eigenvalue weighted by Crippen LogP contribution is -2.42. The molecule has 0 radical (unpaired) electrons. The molecule has 1 aliphatic rings. The molecule has 2 aromatic rings. The average Bonchev–Trinajstić information content (AvgIpc) is 2.82. The molecule has 188 valence electrons. The van der Waals surface area contributed by atoms with Crippen molar-refractivity contribution in [3.63, 3.8) is 0 Å². The van der Waals surface area contributed by atoms with Crippen LogP contribution in [0.3, 0.4) is 0 Å². The van der Waals surface area contributed by atoms with Gasteiger partial charge in [-0.2, -0.15) is 0 Å². The fourth-order valence-electron chi connectivity index (χ4n) is 3.79. The molecule has 8 heteroatoms. The van der Waals surface area contributed by atoms with Crippen molar-refractivity contribution in [3.05, 3.63) is 57.6 Å². The van der Waals surface area contributed by atoms with E-state index in [9.17, 15) is 5.11 Å². The van der Waals surface area contributed by atoms with Crippen LogP contribution in [0.15, 0.2) is 36.4 Å². The summed E-state index contributed by atoms with van der Waals surface area (Å²) in [6, 6.07) is 11.7. The predicted molar refractivity (Wildman–Crippen MR) is 139 cm³/mol. The van der Waals surface area contributed by atoms with Gasteiger partial charge >= 0.3 is 0 Å². The summed E-state index contributed by atoms with van der Waals surface area (Å²) in [4.78, 5) is 2.19. The van der Waals surface area contributed by atoms with Gasteiger partial charge < -0.3 is 19.3 Å². The lowest BCUT2D eigenvalue weighted by atomic mass is 9.78. The van der Waals surface area contributed by atoms with Crippen molar-refractivity contribution in [1.82, 2.24) is 4.90 Å². The maximum atomic E-state index is 10.3. The van der Waals surface area contributed by atoms with Gasteiger partial charge in [0.05, 0.1) is 29.9 Å². The number of hydrogen-bond acceptors (Lipinski definition) is 5. The highest BCUT2D eigenvalue weighted by Gasteiger charge is 2.26. The first-order valence-corrected chi connectivity index (χ1v) is 12.9. The summed E-state index contributed by atoms with van der Waals surface area (Å²) in [5.74, 6) is 1.91. The second kappa shape index (κ2) is 12.7. The van der Waals surface area contributed by atoms with Gasteiger partial charge in [0.25, 0.3) is 0 Å². The molecule has 0 bridgehead atoms. The molecule has 0 saturated carbocycles. The van der Waals surface area contributed by atoms with Crippen molar-refractivity contribution in [2.75, 3.05) is 51.9 Å². The Balaban J connectivity index is 1.62. The number of aliphatic hydroxyl groups excluding tert-OH is 1. The molecule has 1 saturated heterocycles. The molecule has 0 spiro atoms. The van der Waals surface area contributed by atoms with E-state index < -0.39 is 6.10 Å². The second-order valence-electron chi connectivity index (χ2n) is 9.37. The first-order chi connectivity index (χ1) is 16.2. The van der Waals surface area contributed by atoms with Gasteiger partial charge in [-0.1, -0.05) is 56.1 Å². The lowest BCUT2D eigenvalue weighted by molar-refractivity contribution is 0.00465. The van der Waals surface area contributed by atoms with E-state index in [1.165, 1.54) is 0 Å². The Morgan fingerprint density at radius 2 is 1.62 bits per heavy atom. The molecule has 2 aromatic carbocycles. The molecule has 1 aliphatic heterocycles. The molecule has 1 fully saturated rings. The van der Waals surface area contributed by atoms with Crippen molar-refractivity contribution < 1.29 is 19.3 Å². The number of rotatable bonds is 11. The number of benzene rings is 2. The zero-order valence-electron chi connectivity index (χ0n) is 20.0. The van der Waals surface area contributed by atoms with E-state index in [0.717, 1.165) is 24.2 Å². The average molecular weight is 531 g/mol. The van der Waals surface area contributed by atoms with Crippen LogP contribution in [0.2, 0.25) is 10.0 Å². The molecule has 1 heterocycles. The fourth-order valence-corrected chi connectivity index (χ4v) is 4.48. The van der Waals surface area contributed by atoms with Gasteiger partial charge in [0.15, 0.2) is 5.75 Å². The summed E-state index contributed by atoms with van der Waals surface area (Å²) < 4.78 is 17.0. The Morgan fingerprint density at radius 1 is 1.00 bits per heavy atom. The highest BCUT2D eigenvalue weighted by Crippen LogP contribution is 2.40. The van der Waals surface area contributed by atoms with Gasteiger partial charge in [-0.05, 0) is 35.4 Å². The van der Waals surface area contributed by atoms with Crippen LogP contribution in [0, 0.1) is 5.92 Å². The van der Waals surface area contributed by atoms with Crippen LogP contribution in [0.1, 0.15) is 31.9 Å². The number of halogens is 3. The van der Waals surface area contributed by atoms with E-state index in [-0.39, 0.29) is 17.9 Å². The van der Waals surface area contributed by atoms with E-state index in [2.05, 4.69) is 18.7 Å². The Hall–Kier alpha value is -1.21. The first kappa shape index (κ1) is 27.4. The number of nitrogens with zero attached hydrogens (tertiary/aromatic N) is 1. The molecule has 2 atom stereocenters. The lowest BCUT2D eigenvalue weighted by Gasteiger charge is -2.28. The third kappa shape index (κ3) is 7.39. The summed E-state index contributed by atoms with van der Waals surface area (Å²) >= 11 is 18.9. The van der Waals surface area contributed by atoms with E-state index in [1.54, 1.807) is 0 Å². The Labute approximate surface area is 217 Å². The number of alkyl halides is 1. The monoisotopic (exact) mass is 529 g/mol. The third-order valence-corrected chi connectivity index (χ3v) is 7.17. The first-order valence-electron chi connectivity index (χ1n) is 11.6. The quantitative estimate of drug-likeness (QED) is 0.381. The standard InChI is InChI=1S/C26H34Cl3NO4/c1-18(14-27)16-34-25-23(28)12-20(13-24(25)29)26(2,3)19-4-6-22(7-5-19)33-17-21(31)15-30-8-10-32-11-9-30/h4-7,12-13,18,21,31H,8-11,14-17H2,1-3H3/t18-,21-/m0/s1. The topological polar surface area (TPSA) is 51.2 Å². The van der Waals surface area contributed by atoms with Gasteiger partial charge in [-0.15, -0.1) is 11.6 Å². The van der Waals surface area contributed by atoms with Gasteiger partial charge in [0, 0.05) is 36.8 Å². The molecule has 3 rings (SSSR count). The Bertz CT molecular complexity index is 894. The maximum Gasteiger partial charge on any atom is 0.156 e. The van der Waals surface area contributed by atoms with Gasteiger partial charge in [-0.25, -0.2) is 0 Å². The summed E-state index contributed by atoms with van der Waals surface area (Å²) in [5, 5.41) is 11.3. The third-order valence-electron chi connectivity index (χ3n) is 6.09.